The molecule has 0 spiro atoms. The van der Waals surface area contributed by atoms with Crippen LogP contribution >= 0.6 is 11.3 Å². The monoisotopic (exact) mass is 404 g/mol. The van der Waals surface area contributed by atoms with Crippen molar-refractivity contribution in [1.82, 2.24) is 19.2 Å². The zero-order valence-electron chi connectivity index (χ0n) is 16.9. The van der Waals surface area contributed by atoms with E-state index in [-0.39, 0.29) is 5.91 Å². The van der Waals surface area contributed by atoms with E-state index >= 15 is 0 Å². The van der Waals surface area contributed by atoms with Gasteiger partial charge in [-0.25, -0.2) is 4.98 Å². The number of piperidine rings is 1. The normalized spacial score (nSPS) is 22.3. The second kappa shape index (κ2) is 9.37. The molecule has 1 atom stereocenters. The number of hydrogen-bond donors (Lipinski definition) is 0. The molecule has 0 saturated carbocycles. The lowest BCUT2D eigenvalue weighted by Crippen LogP contribution is -2.38. The van der Waals surface area contributed by atoms with Crippen LogP contribution < -0.4 is 0 Å². The average molecular weight is 405 g/mol. The second-order valence-corrected chi connectivity index (χ2v) is 9.09. The van der Waals surface area contributed by atoms with Gasteiger partial charge >= 0.3 is 0 Å². The molecule has 2 saturated heterocycles. The molecule has 2 aliphatic heterocycles. The lowest BCUT2D eigenvalue weighted by atomic mass is 9.99. The minimum atomic E-state index is 0.123. The highest BCUT2D eigenvalue weighted by atomic mass is 32.1. The Balaban J connectivity index is 1.55. The molecule has 4 rings (SSSR count). The summed E-state index contributed by atoms with van der Waals surface area (Å²) in [6, 6.07) is 0. The third-order valence-corrected chi connectivity index (χ3v) is 6.84. The van der Waals surface area contributed by atoms with Crippen molar-refractivity contribution in [3.8, 4) is 0 Å². The summed E-state index contributed by atoms with van der Waals surface area (Å²) < 4.78 is 7.51. The van der Waals surface area contributed by atoms with Gasteiger partial charge in [0.2, 0.25) is 0 Å². The summed E-state index contributed by atoms with van der Waals surface area (Å²) in [4.78, 5) is 23.6. The van der Waals surface area contributed by atoms with E-state index in [1.54, 1.807) is 18.4 Å². The van der Waals surface area contributed by atoms with Crippen molar-refractivity contribution in [3.05, 3.63) is 23.0 Å². The molecule has 1 unspecified atom stereocenters. The number of rotatable bonds is 5. The van der Waals surface area contributed by atoms with E-state index in [9.17, 15) is 4.79 Å². The zero-order chi connectivity index (χ0) is 19.3. The number of likely N-dealkylation sites (tertiary alicyclic amines) is 2. The average Bonchev–Trinajstić information content (AvgIpc) is 3.24. The van der Waals surface area contributed by atoms with E-state index in [4.69, 9.17) is 9.72 Å². The molecule has 2 aromatic heterocycles. The lowest BCUT2D eigenvalue weighted by molar-refractivity contribution is 0.0727. The van der Waals surface area contributed by atoms with Gasteiger partial charge in [0.1, 0.15) is 0 Å². The predicted octanol–water partition coefficient (Wildman–Crippen LogP) is 3.66. The molecule has 2 aromatic rings. The fourth-order valence-electron chi connectivity index (χ4n) is 4.63. The zero-order valence-corrected chi connectivity index (χ0v) is 17.8. The van der Waals surface area contributed by atoms with Crippen LogP contribution in [0.2, 0.25) is 0 Å². The Morgan fingerprint density at radius 3 is 2.75 bits per heavy atom. The number of fused-ring (bicyclic) bond motifs is 1. The first kappa shape index (κ1) is 19.9. The van der Waals surface area contributed by atoms with E-state index in [1.807, 2.05) is 4.90 Å². The minimum absolute atomic E-state index is 0.123. The smallest absolute Gasteiger partial charge is 0.274 e. The highest BCUT2D eigenvalue weighted by molar-refractivity contribution is 7.15. The van der Waals surface area contributed by atoms with Crippen molar-refractivity contribution in [3.63, 3.8) is 0 Å². The van der Waals surface area contributed by atoms with Gasteiger partial charge in [0.25, 0.3) is 5.91 Å². The van der Waals surface area contributed by atoms with Crippen LogP contribution in [0.3, 0.4) is 0 Å². The summed E-state index contributed by atoms with van der Waals surface area (Å²) in [5.74, 6) is 0.705. The van der Waals surface area contributed by atoms with Gasteiger partial charge in [0.05, 0.1) is 12.3 Å². The SMILES string of the molecule is COCC1CCCN(Cc2c(C(=O)N3CCCCCCC3)nc3sccn23)C1. The first-order valence-electron chi connectivity index (χ1n) is 10.7. The minimum Gasteiger partial charge on any atom is -0.384 e. The van der Waals surface area contributed by atoms with Crippen LogP contribution in [0.15, 0.2) is 11.6 Å². The van der Waals surface area contributed by atoms with Crippen LogP contribution in [0.5, 0.6) is 0 Å². The van der Waals surface area contributed by atoms with Crippen molar-refractivity contribution in [2.75, 3.05) is 39.9 Å². The molecular weight excluding hydrogens is 372 g/mol. The Labute approximate surface area is 171 Å². The first-order valence-corrected chi connectivity index (χ1v) is 11.6. The van der Waals surface area contributed by atoms with Gasteiger partial charge in [-0.05, 0) is 38.1 Å². The third kappa shape index (κ3) is 4.42. The van der Waals surface area contributed by atoms with Crippen LogP contribution in [0.1, 0.15) is 61.1 Å². The standard InChI is InChI=1S/C21H32N4O2S/c1-27-16-17-8-7-9-23(14-17)15-18-19(22-21-25(18)12-13-28-21)20(26)24-10-5-3-2-4-6-11-24/h12-13,17H,2-11,14-16H2,1H3. The molecule has 28 heavy (non-hydrogen) atoms. The molecule has 2 aliphatic rings. The molecule has 0 bridgehead atoms. The van der Waals surface area contributed by atoms with Crippen molar-refractivity contribution in [2.45, 2.75) is 51.5 Å². The van der Waals surface area contributed by atoms with E-state index in [2.05, 4.69) is 20.9 Å². The molecule has 154 valence electrons. The van der Waals surface area contributed by atoms with E-state index < -0.39 is 0 Å². The van der Waals surface area contributed by atoms with Crippen molar-refractivity contribution in [2.24, 2.45) is 5.92 Å². The molecule has 6 nitrogen and oxygen atoms in total. The van der Waals surface area contributed by atoms with Crippen LogP contribution in [0.25, 0.3) is 4.96 Å². The van der Waals surface area contributed by atoms with Crippen LogP contribution in [-0.2, 0) is 11.3 Å². The van der Waals surface area contributed by atoms with Gasteiger partial charge in [0.15, 0.2) is 10.7 Å². The lowest BCUT2D eigenvalue weighted by Gasteiger charge is -2.32. The number of imidazole rings is 1. The van der Waals surface area contributed by atoms with E-state index in [0.717, 1.165) is 62.8 Å². The predicted molar refractivity (Wildman–Crippen MR) is 112 cm³/mol. The van der Waals surface area contributed by atoms with Crippen molar-refractivity contribution >= 4 is 22.2 Å². The summed E-state index contributed by atoms with van der Waals surface area (Å²) in [7, 11) is 1.78. The van der Waals surface area contributed by atoms with Gasteiger partial charge in [-0.1, -0.05) is 19.3 Å². The molecule has 0 aromatic carbocycles. The summed E-state index contributed by atoms with van der Waals surface area (Å²) in [5.41, 5.74) is 1.72. The molecule has 1 amide bonds. The molecule has 2 fully saturated rings. The van der Waals surface area contributed by atoms with Gasteiger partial charge in [-0.3, -0.25) is 14.1 Å². The van der Waals surface area contributed by atoms with Gasteiger partial charge < -0.3 is 9.64 Å². The molecule has 4 heterocycles. The van der Waals surface area contributed by atoms with Gasteiger partial charge in [0, 0.05) is 44.9 Å². The summed E-state index contributed by atoms with van der Waals surface area (Å²) >= 11 is 1.61. The summed E-state index contributed by atoms with van der Waals surface area (Å²) in [5, 5.41) is 2.06. The fraction of sp³-hybridized carbons (Fsp3) is 0.714. The van der Waals surface area contributed by atoms with Crippen LogP contribution in [0.4, 0.5) is 0 Å². The fourth-order valence-corrected chi connectivity index (χ4v) is 5.37. The number of nitrogens with zero attached hydrogens (tertiary/aromatic N) is 4. The number of methoxy groups -OCH3 is 1. The van der Waals surface area contributed by atoms with Crippen molar-refractivity contribution < 1.29 is 9.53 Å². The van der Waals surface area contributed by atoms with Crippen LogP contribution in [-0.4, -0.2) is 65.0 Å². The number of aromatic nitrogens is 2. The third-order valence-electron chi connectivity index (χ3n) is 6.09. The Kier molecular flexibility index (Phi) is 6.65. The topological polar surface area (TPSA) is 50.1 Å². The number of carbonyl (C=O) groups is 1. The quantitative estimate of drug-likeness (QED) is 0.763. The van der Waals surface area contributed by atoms with E-state index in [1.165, 1.54) is 32.1 Å². The molecule has 0 N–H and O–H groups in total. The molecule has 0 aliphatic carbocycles. The summed E-state index contributed by atoms with van der Waals surface area (Å²) in [6.45, 7) is 5.44. The summed E-state index contributed by atoms with van der Waals surface area (Å²) in [6.07, 6.45) is 10.4. The van der Waals surface area contributed by atoms with Gasteiger partial charge in [-0.2, -0.15) is 0 Å². The highest BCUT2D eigenvalue weighted by Gasteiger charge is 2.27. The molecule has 0 radical (unpaired) electrons. The van der Waals surface area contributed by atoms with E-state index in [0.29, 0.717) is 11.6 Å². The Bertz CT molecular complexity index is 777. The van der Waals surface area contributed by atoms with Crippen molar-refractivity contribution in [1.29, 1.82) is 0 Å². The second-order valence-electron chi connectivity index (χ2n) is 8.22. The van der Waals surface area contributed by atoms with Gasteiger partial charge in [-0.15, -0.1) is 11.3 Å². The first-order chi connectivity index (χ1) is 13.8. The number of thiazole rings is 1. The number of hydrogen-bond acceptors (Lipinski definition) is 5. The maximum atomic E-state index is 13.4. The number of amides is 1. The Hall–Kier alpha value is -1.44. The largest absolute Gasteiger partial charge is 0.384 e. The number of ether oxygens (including phenoxy) is 1. The number of carbonyl (C=O) groups excluding carboxylic acids is 1. The maximum Gasteiger partial charge on any atom is 0.274 e. The van der Waals surface area contributed by atoms with Crippen LogP contribution in [0, 0.1) is 5.92 Å². The Morgan fingerprint density at radius 1 is 1.18 bits per heavy atom. The maximum absolute atomic E-state index is 13.4. The highest BCUT2D eigenvalue weighted by Crippen LogP contribution is 2.24. The molecular formula is C21H32N4O2S. The molecule has 7 heteroatoms. The Morgan fingerprint density at radius 2 is 1.96 bits per heavy atom.